The predicted molar refractivity (Wildman–Crippen MR) is 65.7 cm³/mol. The van der Waals surface area contributed by atoms with Crippen LogP contribution in [0.25, 0.3) is 0 Å². The van der Waals surface area contributed by atoms with Crippen LogP contribution in [0.1, 0.15) is 31.8 Å². The van der Waals surface area contributed by atoms with Gasteiger partial charge >= 0.3 is 0 Å². The third-order valence-electron chi connectivity index (χ3n) is 2.33. The average molecular weight is 223 g/mol. The number of anilines is 1. The van der Waals surface area contributed by atoms with Crippen LogP contribution < -0.4 is 5.32 Å². The van der Waals surface area contributed by atoms with Gasteiger partial charge in [0.25, 0.3) is 0 Å². The maximum absolute atomic E-state index is 5.21. The number of nitrogens with zero attached hydrogens (tertiary/aromatic N) is 2. The fourth-order valence-electron chi connectivity index (χ4n) is 1.41. The van der Waals surface area contributed by atoms with Gasteiger partial charge in [-0.1, -0.05) is 6.92 Å². The van der Waals surface area contributed by atoms with Crippen molar-refractivity contribution in [1.29, 1.82) is 0 Å². The summed E-state index contributed by atoms with van der Waals surface area (Å²) < 4.78 is 5.21. The highest BCUT2D eigenvalue weighted by Crippen LogP contribution is 2.08. The molecule has 1 N–H and O–H groups in total. The maximum Gasteiger partial charge on any atom is 0.133 e. The molecule has 0 fully saturated rings. The third-order valence-corrected chi connectivity index (χ3v) is 2.33. The van der Waals surface area contributed by atoms with E-state index in [-0.39, 0.29) is 6.10 Å². The Kier molecular flexibility index (Phi) is 5.19. The molecular weight excluding hydrogens is 202 g/mol. The van der Waals surface area contributed by atoms with Gasteiger partial charge in [0.05, 0.1) is 6.10 Å². The van der Waals surface area contributed by atoms with Gasteiger partial charge in [-0.3, -0.25) is 0 Å². The van der Waals surface area contributed by atoms with Gasteiger partial charge < -0.3 is 10.1 Å². The highest BCUT2D eigenvalue weighted by molar-refractivity contribution is 5.35. The molecule has 1 unspecified atom stereocenters. The molecule has 1 aromatic heterocycles. The molecule has 1 rings (SSSR count). The Bertz CT molecular complexity index is 328. The van der Waals surface area contributed by atoms with E-state index in [1.807, 2.05) is 19.9 Å². The second-order valence-electron chi connectivity index (χ2n) is 3.99. The molecule has 0 saturated carbocycles. The summed E-state index contributed by atoms with van der Waals surface area (Å²) >= 11 is 0. The Labute approximate surface area is 97.5 Å². The van der Waals surface area contributed by atoms with Crippen molar-refractivity contribution in [2.45, 2.75) is 39.7 Å². The van der Waals surface area contributed by atoms with Crippen LogP contribution in [-0.2, 0) is 11.2 Å². The summed E-state index contributed by atoms with van der Waals surface area (Å²) in [5, 5.41) is 3.27. The lowest BCUT2D eigenvalue weighted by atomic mass is 10.2. The highest BCUT2D eigenvalue weighted by Gasteiger charge is 2.06. The molecule has 4 nitrogen and oxygen atoms in total. The van der Waals surface area contributed by atoms with Gasteiger partial charge in [-0.15, -0.1) is 0 Å². The Morgan fingerprint density at radius 3 is 2.81 bits per heavy atom. The van der Waals surface area contributed by atoms with Gasteiger partial charge in [0, 0.05) is 31.8 Å². The average Bonchev–Trinajstić information content (AvgIpc) is 2.25. The van der Waals surface area contributed by atoms with E-state index in [9.17, 15) is 0 Å². The second kappa shape index (κ2) is 6.43. The molecule has 1 aromatic rings. The Morgan fingerprint density at radius 1 is 1.44 bits per heavy atom. The molecule has 0 aliphatic rings. The molecule has 0 saturated heterocycles. The quantitative estimate of drug-likeness (QED) is 0.803. The number of aromatic nitrogens is 2. The smallest absolute Gasteiger partial charge is 0.133 e. The summed E-state index contributed by atoms with van der Waals surface area (Å²) in [4.78, 5) is 8.86. The lowest BCUT2D eigenvalue weighted by molar-refractivity contribution is 0.117. The fourth-order valence-corrected chi connectivity index (χ4v) is 1.41. The van der Waals surface area contributed by atoms with Gasteiger partial charge in [0.1, 0.15) is 11.6 Å². The third kappa shape index (κ3) is 4.14. The Morgan fingerprint density at radius 2 is 2.19 bits per heavy atom. The summed E-state index contributed by atoms with van der Waals surface area (Å²) in [5.41, 5.74) is 0.993. The van der Waals surface area contributed by atoms with Crippen LogP contribution in [0.15, 0.2) is 6.07 Å². The fraction of sp³-hybridized carbons (Fsp3) is 0.667. The summed E-state index contributed by atoms with van der Waals surface area (Å²) in [6, 6.07) is 1.97. The van der Waals surface area contributed by atoms with E-state index in [1.54, 1.807) is 7.11 Å². The number of ether oxygens (including phenoxy) is 1. The van der Waals surface area contributed by atoms with Crippen LogP contribution in [0.4, 0.5) is 5.82 Å². The molecule has 0 amide bonds. The van der Waals surface area contributed by atoms with Crippen LogP contribution in [0, 0.1) is 6.92 Å². The molecule has 0 radical (unpaired) electrons. The molecule has 0 aliphatic carbocycles. The molecule has 4 heteroatoms. The van der Waals surface area contributed by atoms with Gasteiger partial charge in [-0.25, -0.2) is 9.97 Å². The normalized spacial score (nSPS) is 12.5. The topological polar surface area (TPSA) is 47.0 Å². The first-order chi connectivity index (χ1) is 7.65. The first-order valence-corrected chi connectivity index (χ1v) is 5.77. The Balaban J connectivity index is 2.73. The van der Waals surface area contributed by atoms with E-state index in [1.165, 1.54) is 0 Å². The number of hydrogen-bond donors (Lipinski definition) is 1. The summed E-state index contributed by atoms with van der Waals surface area (Å²) in [6.45, 7) is 7.08. The van der Waals surface area contributed by atoms with E-state index in [4.69, 9.17) is 4.74 Å². The van der Waals surface area contributed by atoms with Crippen molar-refractivity contribution in [3.8, 4) is 0 Å². The first kappa shape index (κ1) is 12.9. The minimum Gasteiger partial charge on any atom is -0.381 e. The van der Waals surface area contributed by atoms with Crippen molar-refractivity contribution in [2.24, 2.45) is 0 Å². The van der Waals surface area contributed by atoms with E-state index in [2.05, 4.69) is 22.2 Å². The van der Waals surface area contributed by atoms with Gasteiger partial charge in [-0.05, 0) is 20.3 Å². The first-order valence-electron chi connectivity index (χ1n) is 5.77. The van der Waals surface area contributed by atoms with Crippen molar-refractivity contribution in [3.63, 3.8) is 0 Å². The monoisotopic (exact) mass is 223 g/mol. The second-order valence-corrected chi connectivity index (χ2v) is 3.99. The van der Waals surface area contributed by atoms with Crippen molar-refractivity contribution in [1.82, 2.24) is 9.97 Å². The van der Waals surface area contributed by atoms with Crippen molar-refractivity contribution in [2.75, 3.05) is 19.0 Å². The highest BCUT2D eigenvalue weighted by atomic mass is 16.5. The van der Waals surface area contributed by atoms with Gasteiger partial charge in [-0.2, -0.15) is 0 Å². The lowest BCUT2D eigenvalue weighted by Crippen LogP contribution is -2.13. The molecule has 90 valence electrons. The molecule has 1 atom stereocenters. The minimum absolute atomic E-state index is 0.154. The van der Waals surface area contributed by atoms with Gasteiger partial charge in [0.15, 0.2) is 0 Å². The van der Waals surface area contributed by atoms with Crippen molar-refractivity contribution >= 4 is 5.82 Å². The van der Waals surface area contributed by atoms with Crippen LogP contribution in [-0.4, -0.2) is 29.7 Å². The molecule has 16 heavy (non-hydrogen) atoms. The van der Waals surface area contributed by atoms with Crippen molar-refractivity contribution < 1.29 is 4.74 Å². The molecule has 0 spiro atoms. The largest absolute Gasteiger partial charge is 0.381 e. The zero-order valence-corrected chi connectivity index (χ0v) is 10.6. The number of hydrogen-bond acceptors (Lipinski definition) is 4. The summed E-state index contributed by atoms with van der Waals surface area (Å²) in [6.07, 6.45) is 1.99. The van der Waals surface area contributed by atoms with Gasteiger partial charge in [0.2, 0.25) is 0 Å². The predicted octanol–water partition coefficient (Wildman–Crippen LogP) is 2.18. The number of rotatable bonds is 6. The standard InChI is InChI=1S/C12H21N3O/c1-5-6-13-11-7-9(2)14-12(15-11)8-10(3)16-4/h7,10H,5-6,8H2,1-4H3,(H,13,14,15). The zero-order valence-electron chi connectivity index (χ0n) is 10.6. The SMILES string of the molecule is CCCNc1cc(C)nc(CC(C)OC)n1. The van der Waals surface area contributed by atoms with Crippen LogP contribution in [0.2, 0.25) is 0 Å². The minimum atomic E-state index is 0.154. The molecule has 0 bridgehead atoms. The van der Waals surface area contributed by atoms with E-state index in [0.717, 1.165) is 36.7 Å². The maximum atomic E-state index is 5.21. The number of aryl methyl sites for hydroxylation is 1. The van der Waals surface area contributed by atoms with Crippen LogP contribution in [0.5, 0.6) is 0 Å². The number of nitrogens with one attached hydrogen (secondary N) is 1. The van der Waals surface area contributed by atoms with E-state index < -0.39 is 0 Å². The van der Waals surface area contributed by atoms with Crippen LogP contribution in [0.3, 0.4) is 0 Å². The van der Waals surface area contributed by atoms with E-state index >= 15 is 0 Å². The molecule has 1 heterocycles. The Hall–Kier alpha value is -1.16. The van der Waals surface area contributed by atoms with Crippen molar-refractivity contribution in [3.05, 3.63) is 17.6 Å². The van der Waals surface area contributed by atoms with Crippen LogP contribution >= 0.6 is 0 Å². The van der Waals surface area contributed by atoms with E-state index in [0.29, 0.717) is 0 Å². The molecule has 0 aliphatic heterocycles. The molecular formula is C12H21N3O. The lowest BCUT2D eigenvalue weighted by Gasteiger charge is -2.10. The number of methoxy groups -OCH3 is 1. The zero-order chi connectivity index (χ0) is 12.0. The summed E-state index contributed by atoms with van der Waals surface area (Å²) in [7, 11) is 1.71. The molecule has 0 aromatic carbocycles. The summed E-state index contributed by atoms with van der Waals surface area (Å²) in [5.74, 6) is 1.75.